The summed E-state index contributed by atoms with van der Waals surface area (Å²) in [6.45, 7) is 2.01. The molecule has 1 aromatic carbocycles. The first kappa shape index (κ1) is 14.8. The number of hydrogen-bond donors (Lipinski definition) is 2. The Morgan fingerprint density at radius 1 is 1.29 bits per heavy atom. The van der Waals surface area contributed by atoms with Gasteiger partial charge in [0.2, 0.25) is 0 Å². The number of rotatable bonds is 5. The number of aromatic nitrogens is 1. The van der Waals surface area contributed by atoms with Crippen LogP contribution < -0.4 is 10.1 Å². The van der Waals surface area contributed by atoms with Crippen LogP contribution in [-0.4, -0.2) is 29.8 Å². The van der Waals surface area contributed by atoms with Gasteiger partial charge in [-0.25, -0.2) is 4.98 Å². The van der Waals surface area contributed by atoms with Crippen molar-refractivity contribution in [2.75, 3.05) is 19.0 Å². The van der Waals surface area contributed by atoms with Gasteiger partial charge < -0.3 is 15.2 Å². The van der Waals surface area contributed by atoms with Crippen molar-refractivity contribution in [1.29, 1.82) is 5.26 Å². The van der Waals surface area contributed by atoms with Crippen LogP contribution in [0.2, 0.25) is 0 Å². The number of nitrogens with one attached hydrogen (secondary N) is 1. The molecule has 0 spiro atoms. The second-order valence-electron chi connectivity index (χ2n) is 4.66. The van der Waals surface area contributed by atoms with Crippen molar-refractivity contribution in [2.45, 2.75) is 13.0 Å². The fraction of sp³-hybridized carbons (Fsp3) is 0.250. The topological polar surface area (TPSA) is 78.2 Å². The second-order valence-corrected chi connectivity index (χ2v) is 4.66. The zero-order valence-corrected chi connectivity index (χ0v) is 12.0. The van der Waals surface area contributed by atoms with Gasteiger partial charge in [-0.15, -0.1) is 0 Å². The van der Waals surface area contributed by atoms with Gasteiger partial charge in [0.05, 0.1) is 24.5 Å². The van der Waals surface area contributed by atoms with Crippen molar-refractivity contribution >= 4 is 5.82 Å². The molecule has 2 rings (SSSR count). The predicted molar refractivity (Wildman–Crippen MR) is 81.1 cm³/mol. The van der Waals surface area contributed by atoms with Gasteiger partial charge >= 0.3 is 0 Å². The first-order valence-corrected chi connectivity index (χ1v) is 6.61. The molecule has 0 aliphatic rings. The standard InChI is InChI=1S/C16H17N3O2/c1-11(20)10-18-16-13(9-17)5-8-15(19-16)12-3-6-14(21-2)7-4-12/h3-8,11,20H,10H2,1-2H3,(H,18,19)/t11-/m0/s1. The fourth-order valence-corrected chi connectivity index (χ4v) is 1.85. The van der Waals surface area contributed by atoms with E-state index in [0.717, 1.165) is 17.0 Å². The third kappa shape index (κ3) is 3.71. The molecule has 21 heavy (non-hydrogen) atoms. The molecule has 5 nitrogen and oxygen atoms in total. The lowest BCUT2D eigenvalue weighted by Gasteiger charge is -2.11. The van der Waals surface area contributed by atoms with Crippen molar-refractivity contribution < 1.29 is 9.84 Å². The molecular formula is C16H17N3O2. The summed E-state index contributed by atoms with van der Waals surface area (Å²) in [6.07, 6.45) is -0.511. The van der Waals surface area contributed by atoms with E-state index in [1.807, 2.05) is 24.3 Å². The van der Waals surface area contributed by atoms with Crippen molar-refractivity contribution in [1.82, 2.24) is 4.98 Å². The number of ether oxygens (including phenoxy) is 1. The average Bonchev–Trinajstić information content (AvgIpc) is 2.52. The highest BCUT2D eigenvalue weighted by atomic mass is 16.5. The van der Waals surface area contributed by atoms with Gasteiger partial charge in [0, 0.05) is 12.1 Å². The SMILES string of the molecule is COc1ccc(-c2ccc(C#N)c(NC[C@H](C)O)n2)cc1. The molecule has 0 saturated carbocycles. The molecule has 2 N–H and O–H groups in total. The smallest absolute Gasteiger partial charge is 0.144 e. The van der Waals surface area contributed by atoms with Crippen molar-refractivity contribution in [3.63, 3.8) is 0 Å². The minimum atomic E-state index is -0.511. The summed E-state index contributed by atoms with van der Waals surface area (Å²) in [7, 11) is 1.62. The Kier molecular flexibility index (Phi) is 4.75. The average molecular weight is 283 g/mol. The Hall–Kier alpha value is -2.58. The van der Waals surface area contributed by atoms with Gasteiger partial charge in [-0.2, -0.15) is 5.26 Å². The second kappa shape index (κ2) is 6.73. The highest BCUT2D eigenvalue weighted by molar-refractivity contribution is 5.65. The fourth-order valence-electron chi connectivity index (χ4n) is 1.85. The molecule has 0 fully saturated rings. The normalized spacial score (nSPS) is 11.5. The first-order chi connectivity index (χ1) is 10.1. The van der Waals surface area contributed by atoms with E-state index in [9.17, 15) is 5.11 Å². The van der Waals surface area contributed by atoms with E-state index >= 15 is 0 Å². The van der Waals surface area contributed by atoms with E-state index in [1.54, 1.807) is 26.2 Å². The van der Waals surface area contributed by atoms with E-state index in [-0.39, 0.29) is 0 Å². The van der Waals surface area contributed by atoms with Crippen LogP contribution in [0.4, 0.5) is 5.82 Å². The van der Waals surface area contributed by atoms with Gasteiger partial charge in [0.25, 0.3) is 0 Å². The number of methoxy groups -OCH3 is 1. The molecular weight excluding hydrogens is 266 g/mol. The van der Waals surface area contributed by atoms with E-state index in [0.29, 0.717) is 17.9 Å². The Morgan fingerprint density at radius 3 is 2.57 bits per heavy atom. The third-order valence-electron chi connectivity index (χ3n) is 2.97. The number of pyridine rings is 1. The first-order valence-electron chi connectivity index (χ1n) is 6.61. The van der Waals surface area contributed by atoms with Crippen LogP contribution in [0.1, 0.15) is 12.5 Å². The van der Waals surface area contributed by atoms with Crippen molar-refractivity contribution in [3.8, 4) is 23.1 Å². The van der Waals surface area contributed by atoms with E-state index in [1.165, 1.54) is 0 Å². The minimum absolute atomic E-state index is 0.341. The maximum absolute atomic E-state index is 9.33. The Bertz CT molecular complexity index is 646. The van der Waals surface area contributed by atoms with E-state index in [4.69, 9.17) is 10.00 Å². The van der Waals surface area contributed by atoms with Crippen LogP contribution in [0.25, 0.3) is 11.3 Å². The third-order valence-corrected chi connectivity index (χ3v) is 2.97. The summed E-state index contributed by atoms with van der Waals surface area (Å²) >= 11 is 0. The number of aliphatic hydroxyl groups is 1. The maximum atomic E-state index is 9.33. The lowest BCUT2D eigenvalue weighted by Crippen LogP contribution is -2.16. The largest absolute Gasteiger partial charge is 0.497 e. The highest BCUT2D eigenvalue weighted by Crippen LogP contribution is 2.23. The number of nitriles is 1. The Balaban J connectivity index is 2.31. The number of anilines is 1. The van der Waals surface area contributed by atoms with Crippen LogP contribution in [0.15, 0.2) is 36.4 Å². The summed E-state index contributed by atoms with van der Waals surface area (Å²) in [6, 6.07) is 13.1. The highest BCUT2D eigenvalue weighted by Gasteiger charge is 2.08. The van der Waals surface area contributed by atoms with Gasteiger partial charge in [-0.3, -0.25) is 0 Å². The van der Waals surface area contributed by atoms with E-state index < -0.39 is 6.10 Å². The molecule has 0 aliphatic heterocycles. The number of benzene rings is 1. The van der Waals surface area contributed by atoms with Crippen LogP contribution >= 0.6 is 0 Å². The minimum Gasteiger partial charge on any atom is -0.497 e. The number of hydrogen-bond acceptors (Lipinski definition) is 5. The van der Waals surface area contributed by atoms with Gasteiger partial charge in [0.15, 0.2) is 0 Å². The zero-order chi connectivity index (χ0) is 15.2. The molecule has 0 saturated heterocycles. The van der Waals surface area contributed by atoms with Crippen LogP contribution in [0.3, 0.4) is 0 Å². The lowest BCUT2D eigenvalue weighted by atomic mass is 10.1. The predicted octanol–water partition coefficient (Wildman–Crippen LogP) is 2.42. The van der Waals surface area contributed by atoms with E-state index in [2.05, 4.69) is 16.4 Å². The van der Waals surface area contributed by atoms with Gasteiger partial charge in [-0.05, 0) is 43.3 Å². The molecule has 0 aliphatic carbocycles. The molecule has 1 heterocycles. The number of aliphatic hydroxyl groups excluding tert-OH is 1. The summed E-state index contributed by atoms with van der Waals surface area (Å²) in [5.74, 6) is 1.26. The molecule has 108 valence electrons. The summed E-state index contributed by atoms with van der Waals surface area (Å²) in [5.41, 5.74) is 2.14. The molecule has 0 radical (unpaired) electrons. The molecule has 0 bridgehead atoms. The molecule has 1 atom stereocenters. The van der Waals surface area contributed by atoms with Crippen LogP contribution in [0.5, 0.6) is 5.75 Å². The number of nitrogens with zero attached hydrogens (tertiary/aromatic N) is 2. The van der Waals surface area contributed by atoms with Crippen molar-refractivity contribution in [3.05, 3.63) is 42.0 Å². The molecule has 2 aromatic rings. The maximum Gasteiger partial charge on any atom is 0.144 e. The Morgan fingerprint density at radius 2 is 2.00 bits per heavy atom. The quantitative estimate of drug-likeness (QED) is 0.881. The lowest BCUT2D eigenvalue weighted by molar-refractivity contribution is 0.208. The summed E-state index contributed by atoms with van der Waals surface area (Å²) in [5, 5.41) is 21.4. The molecule has 0 amide bonds. The monoisotopic (exact) mass is 283 g/mol. The zero-order valence-electron chi connectivity index (χ0n) is 12.0. The summed E-state index contributed by atoms with van der Waals surface area (Å²) < 4.78 is 5.13. The van der Waals surface area contributed by atoms with Crippen molar-refractivity contribution in [2.24, 2.45) is 0 Å². The van der Waals surface area contributed by atoms with Gasteiger partial charge in [0.1, 0.15) is 17.6 Å². The summed E-state index contributed by atoms with van der Waals surface area (Å²) in [4.78, 5) is 4.46. The molecule has 5 heteroatoms. The molecule has 1 aromatic heterocycles. The molecule has 0 unspecified atom stereocenters. The van der Waals surface area contributed by atoms with Crippen LogP contribution in [0, 0.1) is 11.3 Å². The van der Waals surface area contributed by atoms with Gasteiger partial charge in [-0.1, -0.05) is 0 Å². The Labute approximate surface area is 123 Å². The van der Waals surface area contributed by atoms with Crippen LogP contribution in [-0.2, 0) is 0 Å².